The largest absolute Gasteiger partial charge is 0.356 e. The van der Waals surface area contributed by atoms with Gasteiger partial charge in [0.15, 0.2) is 5.76 Å². The van der Waals surface area contributed by atoms with Gasteiger partial charge in [0.05, 0.1) is 16.7 Å². The molecule has 1 fully saturated rings. The van der Waals surface area contributed by atoms with Gasteiger partial charge in [-0.3, -0.25) is 4.79 Å². The van der Waals surface area contributed by atoms with Gasteiger partial charge in [0.2, 0.25) is 5.91 Å². The second-order valence-electron chi connectivity index (χ2n) is 6.25. The number of hydrogen-bond acceptors (Lipinski definition) is 3. The molecule has 0 radical (unpaired) electrons. The van der Waals surface area contributed by atoms with Crippen LogP contribution in [0.1, 0.15) is 18.5 Å². The van der Waals surface area contributed by atoms with E-state index >= 15 is 0 Å². The predicted octanol–water partition coefficient (Wildman–Crippen LogP) is 5.46. The zero-order chi connectivity index (χ0) is 18.3. The van der Waals surface area contributed by atoms with E-state index in [1.54, 1.807) is 42.5 Å². The van der Waals surface area contributed by atoms with E-state index in [0.29, 0.717) is 45.6 Å². The molecule has 1 aliphatic rings. The topological polar surface area (TPSA) is 55.1 Å². The Morgan fingerprint density at radius 2 is 1.81 bits per heavy atom. The summed E-state index contributed by atoms with van der Waals surface area (Å²) in [6, 6.07) is 12.7. The number of nitrogens with zero attached hydrogens (tertiary/aromatic N) is 1. The van der Waals surface area contributed by atoms with Crippen LogP contribution in [0.4, 0.5) is 10.1 Å². The van der Waals surface area contributed by atoms with Crippen molar-refractivity contribution in [1.82, 2.24) is 5.16 Å². The number of carbonyl (C=O) groups excluding carboxylic acids is 1. The van der Waals surface area contributed by atoms with Crippen LogP contribution in [-0.2, 0) is 10.2 Å². The first-order chi connectivity index (χ1) is 12.5. The Hall–Kier alpha value is -2.37. The summed E-state index contributed by atoms with van der Waals surface area (Å²) in [6.07, 6.45) is 1.27. The summed E-state index contributed by atoms with van der Waals surface area (Å²) in [5.41, 5.74) is 0.531. The molecule has 1 N–H and O–H groups in total. The number of benzene rings is 2. The van der Waals surface area contributed by atoms with Crippen LogP contribution < -0.4 is 5.32 Å². The van der Waals surface area contributed by atoms with Crippen LogP contribution in [0.15, 0.2) is 53.1 Å². The number of anilines is 1. The molecule has 0 unspecified atom stereocenters. The minimum Gasteiger partial charge on any atom is -0.356 e. The highest BCUT2D eigenvalue weighted by atomic mass is 35.5. The summed E-state index contributed by atoms with van der Waals surface area (Å²) in [4.78, 5) is 12.8. The van der Waals surface area contributed by atoms with E-state index in [1.165, 1.54) is 6.07 Å². The van der Waals surface area contributed by atoms with Gasteiger partial charge in [0.25, 0.3) is 0 Å². The highest BCUT2D eigenvalue weighted by molar-refractivity contribution is 6.35. The smallest absolute Gasteiger partial charge is 0.236 e. The molecule has 1 aliphatic carbocycles. The SMILES string of the molecule is O=C(Nc1cc(Cl)cc(Cl)c1)C1(c2cc(-c3ccccc3F)on2)CC1. The second kappa shape index (κ2) is 6.41. The average Bonchev–Trinajstić information content (AvgIpc) is 3.26. The number of aromatic nitrogens is 1. The lowest BCUT2D eigenvalue weighted by molar-refractivity contribution is -0.118. The van der Waals surface area contributed by atoms with Gasteiger partial charge in [-0.25, -0.2) is 4.39 Å². The summed E-state index contributed by atoms with van der Waals surface area (Å²) in [7, 11) is 0. The number of rotatable bonds is 4. The first kappa shape index (κ1) is 17.1. The Morgan fingerprint density at radius 1 is 1.12 bits per heavy atom. The van der Waals surface area contributed by atoms with Crippen molar-refractivity contribution in [2.75, 3.05) is 5.32 Å². The Bertz CT molecular complexity index is 978. The summed E-state index contributed by atoms with van der Waals surface area (Å²) in [6.45, 7) is 0. The molecule has 4 nitrogen and oxygen atoms in total. The molecule has 26 heavy (non-hydrogen) atoms. The third kappa shape index (κ3) is 3.08. The molecule has 3 aromatic rings. The Labute approximate surface area is 158 Å². The number of nitrogens with one attached hydrogen (secondary N) is 1. The highest BCUT2D eigenvalue weighted by Crippen LogP contribution is 2.49. The lowest BCUT2D eigenvalue weighted by Crippen LogP contribution is -2.28. The Morgan fingerprint density at radius 3 is 2.46 bits per heavy atom. The maximum absolute atomic E-state index is 13.9. The molecule has 1 heterocycles. The van der Waals surface area contributed by atoms with Crippen LogP contribution in [0.2, 0.25) is 10.0 Å². The molecule has 2 aromatic carbocycles. The van der Waals surface area contributed by atoms with Crippen molar-refractivity contribution >= 4 is 34.8 Å². The van der Waals surface area contributed by atoms with Crippen LogP contribution >= 0.6 is 23.2 Å². The van der Waals surface area contributed by atoms with E-state index in [0.717, 1.165) is 0 Å². The lowest BCUT2D eigenvalue weighted by Gasteiger charge is -2.13. The molecule has 1 amide bonds. The van der Waals surface area contributed by atoms with E-state index in [2.05, 4.69) is 10.5 Å². The normalized spacial score (nSPS) is 14.9. The molecule has 132 valence electrons. The highest BCUT2D eigenvalue weighted by Gasteiger charge is 2.54. The van der Waals surface area contributed by atoms with E-state index < -0.39 is 11.2 Å². The van der Waals surface area contributed by atoms with Crippen LogP contribution in [0.25, 0.3) is 11.3 Å². The van der Waals surface area contributed by atoms with Crippen molar-refractivity contribution in [1.29, 1.82) is 0 Å². The Kier molecular flexibility index (Phi) is 4.21. The van der Waals surface area contributed by atoms with E-state index in [-0.39, 0.29) is 5.91 Å². The van der Waals surface area contributed by atoms with Crippen molar-refractivity contribution < 1.29 is 13.7 Å². The summed E-state index contributed by atoms with van der Waals surface area (Å²) >= 11 is 11.9. The average molecular weight is 391 g/mol. The van der Waals surface area contributed by atoms with E-state index in [9.17, 15) is 9.18 Å². The first-order valence-corrected chi connectivity index (χ1v) is 8.73. The third-order valence-electron chi connectivity index (χ3n) is 4.44. The van der Waals surface area contributed by atoms with Gasteiger partial charge < -0.3 is 9.84 Å². The minimum absolute atomic E-state index is 0.218. The van der Waals surface area contributed by atoms with Crippen molar-refractivity contribution in [2.24, 2.45) is 0 Å². The van der Waals surface area contributed by atoms with E-state index in [1.807, 2.05) is 0 Å². The fraction of sp³-hybridized carbons (Fsp3) is 0.158. The van der Waals surface area contributed by atoms with Crippen LogP contribution in [0.5, 0.6) is 0 Å². The molecule has 1 aromatic heterocycles. The predicted molar refractivity (Wildman–Crippen MR) is 97.9 cm³/mol. The molecule has 0 saturated heterocycles. The quantitative estimate of drug-likeness (QED) is 0.643. The Balaban J connectivity index is 1.59. The first-order valence-electron chi connectivity index (χ1n) is 7.98. The molecule has 0 aliphatic heterocycles. The fourth-order valence-corrected chi connectivity index (χ4v) is 3.42. The minimum atomic E-state index is -0.776. The van der Waals surface area contributed by atoms with Crippen molar-refractivity contribution in [3.8, 4) is 11.3 Å². The molecule has 0 bridgehead atoms. The molecule has 0 atom stereocenters. The maximum Gasteiger partial charge on any atom is 0.236 e. The summed E-state index contributed by atoms with van der Waals surface area (Å²) in [5.74, 6) is -0.328. The van der Waals surface area contributed by atoms with Gasteiger partial charge in [-0.05, 0) is 43.2 Å². The van der Waals surface area contributed by atoms with Crippen LogP contribution in [-0.4, -0.2) is 11.1 Å². The fourth-order valence-electron chi connectivity index (χ4n) is 2.89. The maximum atomic E-state index is 13.9. The second-order valence-corrected chi connectivity index (χ2v) is 7.12. The standard InChI is InChI=1S/C19H13Cl2FN2O2/c20-11-7-12(21)9-13(8-11)23-18(25)19(5-6-19)17-10-16(26-24-17)14-3-1-2-4-15(14)22/h1-4,7-10H,5-6H2,(H,23,25). The van der Waals surface area contributed by atoms with Gasteiger partial charge in [-0.15, -0.1) is 0 Å². The molecular formula is C19H13Cl2FN2O2. The molecule has 0 spiro atoms. The van der Waals surface area contributed by atoms with E-state index in [4.69, 9.17) is 27.7 Å². The number of hydrogen-bond donors (Lipinski definition) is 1. The monoisotopic (exact) mass is 390 g/mol. The zero-order valence-corrected chi connectivity index (χ0v) is 14.9. The zero-order valence-electron chi connectivity index (χ0n) is 13.4. The van der Waals surface area contributed by atoms with Crippen molar-refractivity contribution in [2.45, 2.75) is 18.3 Å². The molecule has 7 heteroatoms. The summed E-state index contributed by atoms with van der Waals surface area (Å²) in [5, 5.41) is 7.70. The van der Waals surface area contributed by atoms with Gasteiger partial charge >= 0.3 is 0 Å². The van der Waals surface area contributed by atoms with Crippen molar-refractivity contribution in [3.05, 3.63) is 70.1 Å². The number of amides is 1. The van der Waals surface area contributed by atoms with Gasteiger partial charge in [-0.2, -0.15) is 0 Å². The summed E-state index contributed by atoms with van der Waals surface area (Å²) < 4.78 is 19.2. The van der Waals surface area contributed by atoms with Crippen LogP contribution in [0, 0.1) is 5.82 Å². The van der Waals surface area contributed by atoms with Gasteiger partial charge in [0, 0.05) is 21.8 Å². The molecule has 1 saturated carbocycles. The third-order valence-corrected chi connectivity index (χ3v) is 4.88. The lowest BCUT2D eigenvalue weighted by atomic mass is 10.00. The van der Waals surface area contributed by atoms with Gasteiger partial charge in [-0.1, -0.05) is 40.5 Å². The molecular weight excluding hydrogens is 378 g/mol. The van der Waals surface area contributed by atoms with Crippen LogP contribution in [0.3, 0.4) is 0 Å². The number of carbonyl (C=O) groups is 1. The van der Waals surface area contributed by atoms with Gasteiger partial charge in [0.1, 0.15) is 5.82 Å². The number of halogens is 3. The molecule has 4 rings (SSSR count). The van der Waals surface area contributed by atoms with Crippen molar-refractivity contribution in [3.63, 3.8) is 0 Å².